The van der Waals surface area contributed by atoms with E-state index in [1.165, 1.54) is 49.6 Å². The highest BCUT2D eigenvalue weighted by molar-refractivity contribution is 7.91. The molecular weight excluding hydrogens is 521 g/mol. The Bertz CT molecular complexity index is 1560. The number of nitrogens with one attached hydrogen (secondary N) is 2. The van der Waals surface area contributed by atoms with Crippen LogP contribution in [0.1, 0.15) is 5.56 Å². The summed E-state index contributed by atoms with van der Waals surface area (Å²) in [5.74, 6) is -0.998. The number of rotatable bonds is 8. The molecule has 9 nitrogen and oxygen atoms in total. The summed E-state index contributed by atoms with van der Waals surface area (Å²) in [6.07, 6.45) is 0. The Morgan fingerprint density at radius 2 is 1.78 bits per heavy atom. The molecule has 3 aromatic carbocycles. The zero-order valence-electron chi connectivity index (χ0n) is 19.8. The third kappa shape index (κ3) is 5.68. The van der Waals surface area contributed by atoms with Gasteiger partial charge in [-0.3, -0.25) is 4.79 Å². The smallest absolute Gasteiger partial charge is 0.246 e. The van der Waals surface area contributed by atoms with Gasteiger partial charge in [0.15, 0.2) is 10.7 Å². The molecule has 12 heteroatoms. The Balaban J connectivity index is 1.72. The van der Waals surface area contributed by atoms with E-state index in [-0.39, 0.29) is 21.4 Å². The van der Waals surface area contributed by atoms with Crippen molar-refractivity contribution in [1.29, 1.82) is 0 Å². The number of halogens is 2. The molecule has 4 aromatic rings. The number of nitrogen functional groups attached to an aromatic ring is 1. The quantitative estimate of drug-likeness (QED) is 0.291. The number of nitrogens with two attached hydrogens (primary N) is 1. The molecule has 0 bridgehead atoms. The molecule has 192 valence electrons. The summed E-state index contributed by atoms with van der Waals surface area (Å²) in [6, 6.07) is 16.2. The summed E-state index contributed by atoms with van der Waals surface area (Å²) in [7, 11) is -2.71. The van der Waals surface area contributed by atoms with Crippen LogP contribution in [0, 0.1) is 12.7 Å². The lowest BCUT2D eigenvalue weighted by atomic mass is 10.2. The van der Waals surface area contributed by atoms with Crippen molar-refractivity contribution < 1.29 is 22.3 Å². The highest BCUT2D eigenvalue weighted by Crippen LogP contribution is 2.34. The molecule has 0 saturated heterocycles. The van der Waals surface area contributed by atoms with Gasteiger partial charge in [-0.1, -0.05) is 29.3 Å². The van der Waals surface area contributed by atoms with Crippen molar-refractivity contribution in [2.45, 2.75) is 23.3 Å². The number of ether oxygens (including phenoxy) is 1. The van der Waals surface area contributed by atoms with Crippen LogP contribution in [-0.4, -0.2) is 31.2 Å². The number of aromatic nitrogens is 2. The molecule has 0 aliphatic rings. The molecule has 4 rings (SSSR count). The van der Waals surface area contributed by atoms with Crippen molar-refractivity contribution in [3.63, 3.8) is 0 Å². The predicted octanol–water partition coefficient (Wildman–Crippen LogP) is 4.79. The van der Waals surface area contributed by atoms with Crippen LogP contribution in [0.4, 0.5) is 27.4 Å². The van der Waals surface area contributed by atoms with E-state index in [2.05, 4.69) is 15.7 Å². The van der Waals surface area contributed by atoms with Crippen LogP contribution < -0.4 is 21.1 Å². The third-order valence-electron chi connectivity index (χ3n) is 5.38. The molecule has 0 fully saturated rings. The SMILES string of the molecule is COc1ccc(Cl)cc1NC(=O)Cn1nc(Nc2ccc(F)cc2)c(S(=O)(=O)c2ccc(C)cc2)c1N. The van der Waals surface area contributed by atoms with Crippen LogP contribution in [0.5, 0.6) is 5.75 Å². The summed E-state index contributed by atoms with van der Waals surface area (Å²) in [4.78, 5) is 12.5. The number of anilines is 4. The standard InChI is InChI=1S/C25H23ClFN5O4S/c1-15-3-10-19(11-4-15)37(34,35)23-24(28)32(31-25(23)29-18-8-6-17(27)7-9-18)14-22(33)30-20-13-16(26)5-12-21(20)36-2/h3-13H,14,28H2,1-2H3,(H,29,31)(H,30,33). The van der Waals surface area contributed by atoms with E-state index in [9.17, 15) is 17.6 Å². The second kappa shape index (κ2) is 10.5. The Morgan fingerprint density at radius 3 is 2.43 bits per heavy atom. The summed E-state index contributed by atoms with van der Waals surface area (Å²) in [5.41, 5.74) is 7.82. The first-order chi connectivity index (χ1) is 17.6. The second-order valence-electron chi connectivity index (χ2n) is 8.06. The molecule has 0 atom stereocenters. The second-order valence-corrected chi connectivity index (χ2v) is 10.4. The summed E-state index contributed by atoms with van der Waals surface area (Å²) in [6.45, 7) is 1.42. The van der Waals surface area contributed by atoms with E-state index in [1.807, 2.05) is 6.92 Å². The third-order valence-corrected chi connectivity index (χ3v) is 7.45. The maximum absolute atomic E-state index is 13.6. The lowest BCUT2D eigenvalue weighted by Crippen LogP contribution is -2.21. The van der Waals surface area contributed by atoms with E-state index in [1.54, 1.807) is 24.3 Å². The fraction of sp³-hybridized carbons (Fsp3) is 0.120. The molecule has 1 heterocycles. The van der Waals surface area contributed by atoms with Crippen molar-refractivity contribution in [3.05, 3.63) is 83.1 Å². The number of aryl methyl sites for hydroxylation is 1. The minimum atomic E-state index is -4.15. The van der Waals surface area contributed by atoms with Gasteiger partial charge in [0.25, 0.3) is 0 Å². The Morgan fingerprint density at radius 1 is 1.11 bits per heavy atom. The van der Waals surface area contributed by atoms with Gasteiger partial charge < -0.3 is 21.1 Å². The van der Waals surface area contributed by atoms with E-state index in [0.29, 0.717) is 22.1 Å². The molecule has 0 aliphatic carbocycles. The molecule has 0 unspecified atom stereocenters. The average Bonchev–Trinajstić information content (AvgIpc) is 3.15. The van der Waals surface area contributed by atoms with Crippen molar-refractivity contribution >= 4 is 50.4 Å². The number of carbonyl (C=O) groups is 1. The van der Waals surface area contributed by atoms with E-state index >= 15 is 0 Å². The minimum absolute atomic E-state index is 0.000351. The maximum atomic E-state index is 13.6. The van der Waals surface area contributed by atoms with Crippen LogP contribution in [0.3, 0.4) is 0 Å². The first-order valence-corrected chi connectivity index (χ1v) is 12.8. The Labute approximate surface area is 217 Å². The Kier molecular flexibility index (Phi) is 7.37. The van der Waals surface area contributed by atoms with Gasteiger partial charge in [-0.2, -0.15) is 5.10 Å². The van der Waals surface area contributed by atoms with Crippen LogP contribution in [0.25, 0.3) is 0 Å². The Hall–Kier alpha value is -4.09. The van der Waals surface area contributed by atoms with Crippen LogP contribution in [0.15, 0.2) is 76.5 Å². The molecule has 1 aromatic heterocycles. The number of hydrogen-bond donors (Lipinski definition) is 3. The number of carbonyl (C=O) groups excluding carboxylic acids is 1. The minimum Gasteiger partial charge on any atom is -0.495 e. The first-order valence-electron chi connectivity index (χ1n) is 10.9. The fourth-order valence-electron chi connectivity index (χ4n) is 3.53. The van der Waals surface area contributed by atoms with Gasteiger partial charge in [0.2, 0.25) is 15.7 Å². The van der Waals surface area contributed by atoms with Gasteiger partial charge in [0, 0.05) is 10.7 Å². The van der Waals surface area contributed by atoms with Gasteiger partial charge in [-0.25, -0.2) is 17.5 Å². The summed E-state index contributed by atoms with van der Waals surface area (Å²) >= 11 is 6.03. The van der Waals surface area contributed by atoms with Gasteiger partial charge in [0.1, 0.15) is 23.9 Å². The number of methoxy groups -OCH3 is 1. The van der Waals surface area contributed by atoms with Crippen molar-refractivity contribution in [2.75, 3.05) is 23.5 Å². The zero-order chi connectivity index (χ0) is 26.7. The van der Waals surface area contributed by atoms with Crippen molar-refractivity contribution in [2.24, 2.45) is 0 Å². The molecule has 0 aliphatic heterocycles. The molecule has 0 radical (unpaired) electrons. The highest BCUT2D eigenvalue weighted by atomic mass is 35.5. The number of amides is 1. The number of hydrogen-bond acceptors (Lipinski definition) is 7. The molecule has 37 heavy (non-hydrogen) atoms. The fourth-order valence-corrected chi connectivity index (χ4v) is 5.16. The zero-order valence-corrected chi connectivity index (χ0v) is 21.4. The van der Waals surface area contributed by atoms with Gasteiger partial charge in [-0.15, -0.1) is 0 Å². The first kappa shape index (κ1) is 26.0. The molecular formula is C25H23ClFN5O4S. The lowest BCUT2D eigenvalue weighted by molar-refractivity contribution is -0.116. The number of nitrogens with zero attached hydrogens (tertiary/aromatic N) is 2. The van der Waals surface area contributed by atoms with Crippen molar-refractivity contribution in [1.82, 2.24) is 9.78 Å². The average molecular weight is 544 g/mol. The molecule has 1 amide bonds. The normalized spacial score (nSPS) is 11.2. The summed E-state index contributed by atoms with van der Waals surface area (Å²) < 4.78 is 46.9. The van der Waals surface area contributed by atoms with Gasteiger partial charge in [0.05, 0.1) is 17.7 Å². The van der Waals surface area contributed by atoms with E-state index < -0.39 is 28.1 Å². The summed E-state index contributed by atoms with van der Waals surface area (Å²) in [5, 5.41) is 10.2. The monoisotopic (exact) mass is 543 g/mol. The van der Waals surface area contributed by atoms with Gasteiger partial charge >= 0.3 is 0 Å². The van der Waals surface area contributed by atoms with Crippen LogP contribution in [-0.2, 0) is 21.2 Å². The predicted molar refractivity (Wildman–Crippen MR) is 140 cm³/mol. The topological polar surface area (TPSA) is 128 Å². The number of sulfone groups is 1. The van der Waals surface area contributed by atoms with E-state index in [4.69, 9.17) is 22.1 Å². The number of benzene rings is 3. The molecule has 0 saturated carbocycles. The van der Waals surface area contributed by atoms with Crippen LogP contribution >= 0.6 is 11.6 Å². The maximum Gasteiger partial charge on any atom is 0.246 e. The largest absolute Gasteiger partial charge is 0.495 e. The molecule has 0 spiro atoms. The van der Waals surface area contributed by atoms with Crippen LogP contribution in [0.2, 0.25) is 5.02 Å². The van der Waals surface area contributed by atoms with Gasteiger partial charge in [-0.05, 0) is 61.5 Å². The lowest BCUT2D eigenvalue weighted by Gasteiger charge is -2.11. The van der Waals surface area contributed by atoms with E-state index in [0.717, 1.165) is 10.2 Å². The highest BCUT2D eigenvalue weighted by Gasteiger charge is 2.30. The van der Waals surface area contributed by atoms with Crippen molar-refractivity contribution in [3.8, 4) is 5.75 Å². The molecule has 4 N–H and O–H groups in total.